The molecule has 0 aliphatic rings. The van der Waals surface area contributed by atoms with Crippen molar-refractivity contribution in [3.05, 3.63) is 24.0 Å². The number of nitrogens with zero attached hydrogens (tertiary/aromatic N) is 1. The van der Waals surface area contributed by atoms with Crippen molar-refractivity contribution in [3.8, 4) is 5.75 Å². The van der Waals surface area contributed by atoms with E-state index >= 15 is 0 Å². The first-order valence-corrected chi connectivity index (χ1v) is 3.75. The first kappa shape index (κ1) is 8.96. The van der Waals surface area contributed by atoms with Crippen LogP contribution < -0.4 is 5.73 Å². The lowest BCUT2D eigenvalue weighted by Crippen LogP contribution is -2.12. The Hall–Kier alpha value is -1.13. The molecular weight excluding hydrogens is 156 g/mol. The molecule has 0 saturated carbocycles. The number of pyridine rings is 1. The molecule has 4 N–H and O–H groups in total. The minimum absolute atomic E-state index is 0.0168. The molecule has 0 fully saturated rings. The zero-order chi connectivity index (χ0) is 8.97. The van der Waals surface area contributed by atoms with Gasteiger partial charge in [-0.1, -0.05) is 0 Å². The predicted octanol–water partition coefficient (Wildman–Crippen LogP) is 0.169. The number of aromatic hydroxyl groups is 1. The zero-order valence-corrected chi connectivity index (χ0v) is 6.64. The number of hydrogen-bond donors (Lipinski definition) is 3. The lowest BCUT2D eigenvalue weighted by molar-refractivity contribution is 0.275. The third kappa shape index (κ3) is 1.93. The second-order valence-corrected chi connectivity index (χ2v) is 2.55. The molecule has 0 bridgehead atoms. The van der Waals surface area contributed by atoms with Crippen molar-refractivity contribution in [2.24, 2.45) is 5.73 Å². The Morgan fingerprint density at radius 3 is 2.92 bits per heavy atom. The van der Waals surface area contributed by atoms with Crippen LogP contribution in [0.15, 0.2) is 18.5 Å². The molecule has 66 valence electrons. The normalized spacial score (nSPS) is 12.8. The van der Waals surface area contributed by atoms with Crippen LogP contribution in [-0.2, 0) is 0 Å². The van der Waals surface area contributed by atoms with Crippen molar-refractivity contribution in [2.75, 3.05) is 6.61 Å². The van der Waals surface area contributed by atoms with E-state index in [4.69, 9.17) is 10.8 Å². The molecule has 0 aliphatic carbocycles. The van der Waals surface area contributed by atoms with Gasteiger partial charge in [0.25, 0.3) is 0 Å². The maximum Gasteiger partial charge on any atom is 0.138 e. The Labute approximate surface area is 70.7 Å². The second kappa shape index (κ2) is 4.04. The summed E-state index contributed by atoms with van der Waals surface area (Å²) < 4.78 is 0. The summed E-state index contributed by atoms with van der Waals surface area (Å²) in [5, 5.41) is 17.9. The third-order valence-corrected chi connectivity index (χ3v) is 1.67. The molecule has 0 saturated heterocycles. The molecule has 1 unspecified atom stereocenters. The third-order valence-electron chi connectivity index (χ3n) is 1.67. The van der Waals surface area contributed by atoms with Crippen molar-refractivity contribution >= 4 is 0 Å². The van der Waals surface area contributed by atoms with Crippen molar-refractivity contribution in [3.63, 3.8) is 0 Å². The van der Waals surface area contributed by atoms with Crippen LogP contribution in [0.3, 0.4) is 0 Å². The number of aliphatic hydroxyl groups is 1. The Morgan fingerprint density at radius 1 is 1.58 bits per heavy atom. The molecule has 0 aromatic carbocycles. The van der Waals surface area contributed by atoms with Crippen LogP contribution >= 0.6 is 0 Å². The second-order valence-electron chi connectivity index (χ2n) is 2.55. The van der Waals surface area contributed by atoms with Gasteiger partial charge in [0.15, 0.2) is 0 Å². The SMILES string of the molecule is NC(CCO)c1ccncc1O. The molecule has 4 nitrogen and oxygen atoms in total. The smallest absolute Gasteiger partial charge is 0.138 e. The van der Waals surface area contributed by atoms with Gasteiger partial charge in [-0.05, 0) is 12.5 Å². The van der Waals surface area contributed by atoms with Gasteiger partial charge < -0.3 is 15.9 Å². The molecule has 0 radical (unpaired) electrons. The van der Waals surface area contributed by atoms with Gasteiger partial charge in [-0.3, -0.25) is 4.98 Å². The molecule has 12 heavy (non-hydrogen) atoms. The van der Waals surface area contributed by atoms with E-state index in [1.165, 1.54) is 6.20 Å². The lowest BCUT2D eigenvalue weighted by atomic mass is 10.1. The average molecular weight is 168 g/mol. The maximum atomic E-state index is 9.28. The van der Waals surface area contributed by atoms with Crippen LogP contribution in [0.5, 0.6) is 5.75 Å². The van der Waals surface area contributed by atoms with Crippen molar-refractivity contribution in [1.82, 2.24) is 4.98 Å². The zero-order valence-electron chi connectivity index (χ0n) is 6.64. The maximum absolute atomic E-state index is 9.28. The highest BCUT2D eigenvalue weighted by atomic mass is 16.3. The van der Waals surface area contributed by atoms with E-state index in [9.17, 15) is 5.11 Å². The van der Waals surface area contributed by atoms with Gasteiger partial charge in [-0.25, -0.2) is 0 Å². The van der Waals surface area contributed by atoms with Crippen molar-refractivity contribution < 1.29 is 10.2 Å². The van der Waals surface area contributed by atoms with Gasteiger partial charge in [0.1, 0.15) is 5.75 Å². The molecular formula is C8H12N2O2. The molecule has 0 spiro atoms. The van der Waals surface area contributed by atoms with Gasteiger partial charge in [-0.2, -0.15) is 0 Å². The van der Waals surface area contributed by atoms with Crippen LogP contribution in [0.25, 0.3) is 0 Å². The molecule has 1 aromatic heterocycles. The van der Waals surface area contributed by atoms with Crippen LogP contribution in [0.2, 0.25) is 0 Å². The fraction of sp³-hybridized carbons (Fsp3) is 0.375. The number of aromatic nitrogens is 1. The summed E-state index contributed by atoms with van der Waals surface area (Å²) in [6.07, 6.45) is 3.34. The van der Waals surface area contributed by atoms with Crippen molar-refractivity contribution in [2.45, 2.75) is 12.5 Å². The van der Waals surface area contributed by atoms with E-state index < -0.39 is 0 Å². The Bertz CT molecular complexity index is 253. The Kier molecular flexibility index (Phi) is 3.01. The Balaban J connectivity index is 2.79. The number of rotatable bonds is 3. The highest BCUT2D eigenvalue weighted by molar-refractivity contribution is 5.30. The van der Waals surface area contributed by atoms with E-state index in [2.05, 4.69) is 4.98 Å². The molecule has 1 aromatic rings. The predicted molar refractivity (Wildman–Crippen MR) is 44.5 cm³/mol. The topological polar surface area (TPSA) is 79.4 Å². The monoisotopic (exact) mass is 168 g/mol. The molecule has 0 amide bonds. The first-order valence-electron chi connectivity index (χ1n) is 3.75. The summed E-state index contributed by atoms with van der Waals surface area (Å²) in [7, 11) is 0. The minimum Gasteiger partial charge on any atom is -0.506 e. The van der Waals surface area contributed by atoms with Crippen LogP contribution in [0.4, 0.5) is 0 Å². The molecule has 4 heteroatoms. The number of nitrogens with two attached hydrogens (primary N) is 1. The molecule has 1 rings (SSSR count). The summed E-state index contributed by atoms with van der Waals surface area (Å²) in [4.78, 5) is 3.72. The van der Waals surface area contributed by atoms with Gasteiger partial charge >= 0.3 is 0 Å². The van der Waals surface area contributed by atoms with Crippen LogP contribution in [0.1, 0.15) is 18.0 Å². The Morgan fingerprint density at radius 2 is 2.33 bits per heavy atom. The van der Waals surface area contributed by atoms with E-state index in [0.29, 0.717) is 12.0 Å². The highest BCUT2D eigenvalue weighted by Gasteiger charge is 2.08. The van der Waals surface area contributed by atoms with E-state index in [1.54, 1.807) is 12.3 Å². The summed E-state index contributed by atoms with van der Waals surface area (Å²) in [5.41, 5.74) is 6.28. The average Bonchev–Trinajstić information content (AvgIpc) is 2.05. The van der Waals surface area contributed by atoms with Gasteiger partial charge in [0, 0.05) is 24.4 Å². The quantitative estimate of drug-likeness (QED) is 0.601. The lowest BCUT2D eigenvalue weighted by Gasteiger charge is -2.10. The van der Waals surface area contributed by atoms with Crippen LogP contribution in [0, 0.1) is 0 Å². The largest absolute Gasteiger partial charge is 0.506 e. The fourth-order valence-corrected chi connectivity index (χ4v) is 1.01. The van der Waals surface area contributed by atoms with Gasteiger partial charge in [0.2, 0.25) is 0 Å². The van der Waals surface area contributed by atoms with E-state index in [-0.39, 0.29) is 18.4 Å². The van der Waals surface area contributed by atoms with E-state index in [0.717, 1.165) is 0 Å². The summed E-state index contributed by atoms with van der Waals surface area (Å²) in [5.74, 6) is 0.0819. The van der Waals surface area contributed by atoms with E-state index in [1.807, 2.05) is 0 Å². The summed E-state index contributed by atoms with van der Waals surface area (Å²) in [6.45, 7) is 0.0168. The molecule has 1 heterocycles. The first-order chi connectivity index (χ1) is 5.75. The molecule has 0 aliphatic heterocycles. The summed E-state index contributed by atoms with van der Waals surface area (Å²) in [6, 6.07) is 1.33. The summed E-state index contributed by atoms with van der Waals surface area (Å²) >= 11 is 0. The standard InChI is InChI=1S/C8H12N2O2/c9-7(2-4-11)6-1-3-10-5-8(6)12/h1,3,5,7,11-12H,2,4,9H2. The number of aliphatic hydroxyl groups excluding tert-OH is 1. The van der Waals surface area contributed by atoms with Gasteiger partial charge in [-0.15, -0.1) is 0 Å². The van der Waals surface area contributed by atoms with Crippen LogP contribution in [-0.4, -0.2) is 21.8 Å². The highest BCUT2D eigenvalue weighted by Crippen LogP contribution is 2.22. The van der Waals surface area contributed by atoms with Gasteiger partial charge in [0.05, 0.1) is 6.20 Å². The molecule has 1 atom stereocenters. The number of hydrogen-bond acceptors (Lipinski definition) is 4. The van der Waals surface area contributed by atoms with Crippen molar-refractivity contribution in [1.29, 1.82) is 0 Å². The minimum atomic E-state index is -0.321. The fourth-order valence-electron chi connectivity index (χ4n) is 1.01.